The molecule has 6 heteroatoms. The van der Waals surface area contributed by atoms with Gasteiger partial charge in [-0.05, 0) is 60.4 Å². The Hall–Kier alpha value is -3.38. The molecule has 2 aliphatic rings. The number of carboxylic acid groups (broad SMARTS) is 1. The number of carbonyl (C=O) groups is 2. The van der Waals surface area contributed by atoms with Crippen LogP contribution in [-0.4, -0.2) is 47.7 Å². The summed E-state index contributed by atoms with van der Waals surface area (Å²) >= 11 is 0. The van der Waals surface area contributed by atoms with Crippen LogP contribution >= 0.6 is 0 Å². The molecule has 5 rings (SSSR count). The number of hydrogen-bond donors (Lipinski definition) is 3. The molecule has 194 valence electrons. The van der Waals surface area contributed by atoms with Crippen molar-refractivity contribution in [1.82, 2.24) is 15.5 Å². The standard InChI is InChI=1S/C31H37N3O3/c1-21(27-13-7-11-22-10-5-6-12-28(22)27)32-18-25-19-34(20-29(25)23-8-3-2-4-9-23)31(37)33-26-16-14-24(15-17-26)30(35)36/h2-13,21,24-26,29,32H,14-20H2,1H3,(H,33,37)(H,35,36)/t21-,24?,25+,26?,29-/m1/s1. The van der Waals surface area contributed by atoms with Crippen LogP contribution in [0.3, 0.4) is 0 Å². The smallest absolute Gasteiger partial charge is 0.317 e. The molecule has 3 aromatic rings. The number of rotatable bonds is 7. The van der Waals surface area contributed by atoms with Gasteiger partial charge in [-0.2, -0.15) is 0 Å². The lowest BCUT2D eigenvalue weighted by Crippen LogP contribution is -2.45. The molecule has 2 fully saturated rings. The number of likely N-dealkylation sites (tertiary alicyclic amines) is 1. The van der Waals surface area contributed by atoms with E-state index in [1.807, 2.05) is 11.0 Å². The molecule has 2 amide bonds. The molecular formula is C31H37N3O3. The zero-order valence-corrected chi connectivity index (χ0v) is 21.5. The van der Waals surface area contributed by atoms with Crippen LogP contribution in [0.4, 0.5) is 4.79 Å². The second kappa shape index (κ2) is 11.3. The average Bonchev–Trinajstić information content (AvgIpc) is 3.37. The molecule has 3 aromatic carbocycles. The number of carbonyl (C=O) groups excluding carboxylic acids is 1. The van der Waals surface area contributed by atoms with E-state index < -0.39 is 5.97 Å². The molecule has 1 heterocycles. The highest BCUT2D eigenvalue weighted by Gasteiger charge is 2.37. The number of hydrogen-bond acceptors (Lipinski definition) is 3. The summed E-state index contributed by atoms with van der Waals surface area (Å²) in [6.07, 6.45) is 2.72. The Bertz CT molecular complexity index is 1220. The van der Waals surface area contributed by atoms with E-state index in [1.54, 1.807) is 0 Å². The van der Waals surface area contributed by atoms with Gasteiger partial charge in [-0.1, -0.05) is 72.8 Å². The predicted molar refractivity (Wildman–Crippen MR) is 147 cm³/mol. The molecule has 1 aliphatic heterocycles. The van der Waals surface area contributed by atoms with Crippen LogP contribution in [0.5, 0.6) is 0 Å². The number of fused-ring (bicyclic) bond motifs is 1. The normalized spacial score (nSPS) is 24.6. The quantitative estimate of drug-likeness (QED) is 0.398. The van der Waals surface area contributed by atoms with E-state index in [-0.39, 0.29) is 30.0 Å². The van der Waals surface area contributed by atoms with Gasteiger partial charge in [-0.25, -0.2) is 4.79 Å². The summed E-state index contributed by atoms with van der Waals surface area (Å²) in [5.41, 5.74) is 2.56. The van der Waals surface area contributed by atoms with Gasteiger partial charge in [0.2, 0.25) is 0 Å². The fourth-order valence-corrected chi connectivity index (χ4v) is 6.14. The molecule has 0 unspecified atom stereocenters. The maximum absolute atomic E-state index is 13.2. The van der Waals surface area contributed by atoms with Gasteiger partial charge in [-0.15, -0.1) is 0 Å². The highest BCUT2D eigenvalue weighted by Crippen LogP contribution is 2.34. The third kappa shape index (κ3) is 5.80. The monoisotopic (exact) mass is 499 g/mol. The van der Waals surface area contributed by atoms with Crippen molar-refractivity contribution in [3.8, 4) is 0 Å². The van der Waals surface area contributed by atoms with Crippen molar-refractivity contribution in [2.45, 2.75) is 50.6 Å². The maximum atomic E-state index is 13.2. The largest absolute Gasteiger partial charge is 0.481 e. The minimum Gasteiger partial charge on any atom is -0.481 e. The molecule has 3 N–H and O–H groups in total. The SMILES string of the molecule is C[C@@H](NC[C@H]1CN(C(=O)NC2CCC(C(=O)O)CC2)C[C@@H]1c1ccccc1)c1cccc2ccccc12. The summed E-state index contributed by atoms with van der Waals surface area (Å²) in [4.78, 5) is 26.5. The molecule has 0 radical (unpaired) electrons. The van der Waals surface area contributed by atoms with Crippen molar-refractivity contribution >= 4 is 22.8 Å². The summed E-state index contributed by atoms with van der Waals surface area (Å²) in [7, 11) is 0. The second-order valence-corrected chi connectivity index (χ2v) is 10.7. The van der Waals surface area contributed by atoms with Gasteiger partial charge in [0.15, 0.2) is 0 Å². The molecule has 0 aromatic heterocycles. The first-order valence-corrected chi connectivity index (χ1v) is 13.5. The maximum Gasteiger partial charge on any atom is 0.317 e. The van der Waals surface area contributed by atoms with Crippen molar-refractivity contribution < 1.29 is 14.7 Å². The van der Waals surface area contributed by atoms with Gasteiger partial charge in [-0.3, -0.25) is 4.79 Å². The summed E-state index contributed by atoms with van der Waals surface area (Å²) in [5.74, 6) is -0.431. The van der Waals surface area contributed by atoms with Crippen LogP contribution < -0.4 is 10.6 Å². The van der Waals surface area contributed by atoms with Crippen LogP contribution in [-0.2, 0) is 4.79 Å². The predicted octanol–water partition coefficient (Wildman–Crippen LogP) is 5.56. The van der Waals surface area contributed by atoms with Crippen molar-refractivity contribution in [3.05, 3.63) is 83.9 Å². The Kier molecular flexibility index (Phi) is 7.75. The first-order chi connectivity index (χ1) is 18.0. The van der Waals surface area contributed by atoms with Crippen molar-refractivity contribution in [3.63, 3.8) is 0 Å². The zero-order valence-electron chi connectivity index (χ0n) is 21.5. The molecule has 3 atom stereocenters. The van der Waals surface area contributed by atoms with Crippen molar-refractivity contribution in [2.24, 2.45) is 11.8 Å². The van der Waals surface area contributed by atoms with Crippen LogP contribution in [0.25, 0.3) is 10.8 Å². The van der Waals surface area contributed by atoms with Crippen LogP contribution in [0.15, 0.2) is 72.8 Å². The van der Waals surface area contributed by atoms with Gasteiger partial charge in [0.05, 0.1) is 5.92 Å². The Morgan fingerprint density at radius 3 is 2.38 bits per heavy atom. The minimum absolute atomic E-state index is 0.0238. The van der Waals surface area contributed by atoms with E-state index in [0.29, 0.717) is 31.8 Å². The first kappa shape index (κ1) is 25.3. The Morgan fingerprint density at radius 1 is 0.919 bits per heavy atom. The molecule has 6 nitrogen and oxygen atoms in total. The van der Waals surface area contributed by atoms with Crippen molar-refractivity contribution in [1.29, 1.82) is 0 Å². The Morgan fingerprint density at radius 2 is 1.62 bits per heavy atom. The molecule has 1 aliphatic carbocycles. The van der Waals surface area contributed by atoms with E-state index in [9.17, 15) is 14.7 Å². The second-order valence-electron chi connectivity index (χ2n) is 10.7. The number of urea groups is 1. The highest BCUT2D eigenvalue weighted by molar-refractivity contribution is 5.86. The topological polar surface area (TPSA) is 81.7 Å². The van der Waals surface area contributed by atoms with Gasteiger partial charge in [0.1, 0.15) is 0 Å². The van der Waals surface area contributed by atoms with Gasteiger partial charge >= 0.3 is 12.0 Å². The van der Waals surface area contributed by atoms with Gasteiger partial charge in [0.25, 0.3) is 0 Å². The highest BCUT2D eigenvalue weighted by atomic mass is 16.4. The molecule has 0 bridgehead atoms. The molecule has 37 heavy (non-hydrogen) atoms. The van der Waals surface area contributed by atoms with E-state index in [0.717, 1.165) is 19.4 Å². The fourth-order valence-electron chi connectivity index (χ4n) is 6.14. The lowest BCUT2D eigenvalue weighted by atomic mass is 9.86. The number of aliphatic carboxylic acids is 1. The lowest BCUT2D eigenvalue weighted by molar-refractivity contribution is -0.142. The average molecular weight is 500 g/mol. The first-order valence-electron chi connectivity index (χ1n) is 13.5. The van der Waals surface area contributed by atoms with Crippen LogP contribution in [0, 0.1) is 11.8 Å². The van der Waals surface area contributed by atoms with E-state index in [1.165, 1.54) is 21.9 Å². The van der Waals surface area contributed by atoms with Gasteiger partial charge in [0, 0.05) is 37.6 Å². The summed E-state index contributed by atoms with van der Waals surface area (Å²) in [6, 6.07) is 25.7. The molecule has 0 spiro atoms. The van der Waals surface area contributed by atoms with Crippen LogP contribution in [0.2, 0.25) is 0 Å². The number of carboxylic acids is 1. The Labute approximate surface area is 219 Å². The number of nitrogens with zero attached hydrogens (tertiary/aromatic N) is 1. The van der Waals surface area contributed by atoms with Crippen molar-refractivity contribution in [2.75, 3.05) is 19.6 Å². The number of nitrogens with one attached hydrogen (secondary N) is 2. The summed E-state index contributed by atoms with van der Waals surface area (Å²) in [5, 5.41) is 18.8. The van der Waals surface area contributed by atoms with Crippen LogP contribution in [0.1, 0.15) is 55.7 Å². The molecule has 1 saturated heterocycles. The van der Waals surface area contributed by atoms with E-state index in [4.69, 9.17) is 0 Å². The summed E-state index contributed by atoms with van der Waals surface area (Å²) < 4.78 is 0. The van der Waals surface area contributed by atoms with E-state index >= 15 is 0 Å². The fraction of sp³-hybridized carbons (Fsp3) is 0.419. The number of amides is 2. The lowest BCUT2D eigenvalue weighted by Gasteiger charge is -2.29. The zero-order chi connectivity index (χ0) is 25.8. The van der Waals surface area contributed by atoms with E-state index in [2.05, 4.69) is 84.3 Å². The molecule has 1 saturated carbocycles. The third-order valence-corrected chi connectivity index (χ3v) is 8.34. The Balaban J connectivity index is 1.25. The van der Waals surface area contributed by atoms with Gasteiger partial charge < -0.3 is 20.6 Å². The minimum atomic E-state index is -0.719. The third-order valence-electron chi connectivity index (χ3n) is 8.34. The molecular weight excluding hydrogens is 462 g/mol. The number of benzene rings is 3. The summed E-state index contributed by atoms with van der Waals surface area (Å²) in [6.45, 7) is 4.42.